The van der Waals surface area contributed by atoms with Gasteiger partial charge in [-0.25, -0.2) is 0 Å². The topological polar surface area (TPSA) is 20.2 Å². The van der Waals surface area contributed by atoms with Gasteiger partial charge in [0.2, 0.25) is 0 Å². The molecule has 0 unspecified atom stereocenters. The van der Waals surface area contributed by atoms with Gasteiger partial charge in [0, 0.05) is 11.4 Å². The normalized spacial score (nSPS) is 19.4. The van der Waals surface area contributed by atoms with Gasteiger partial charge in [-0.1, -0.05) is 36.6 Å². The van der Waals surface area contributed by atoms with Crippen molar-refractivity contribution in [2.75, 3.05) is 0 Å². The lowest BCUT2D eigenvalue weighted by atomic mass is 9.92. The third-order valence-electron chi connectivity index (χ3n) is 3.29. The summed E-state index contributed by atoms with van der Waals surface area (Å²) in [5.41, 5.74) is 1.83. The summed E-state index contributed by atoms with van der Waals surface area (Å²) < 4.78 is 0. The molecular formula is C13H17ClO. The van der Waals surface area contributed by atoms with Crippen LogP contribution in [0.25, 0.3) is 0 Å². The van der Waals surface area contributed by atoms with Gasteiger partial charge in [-0.2, -0.15) is 0 Å². The molecule has 0 aliphatic heterocycles. The minimum atomic E-state index is -0.458. The van der Waals surface area contributed by atoms with Gasteiger partial charge in [-0.15, -0.1) is 0 Å². The Kier molecular flexibility index (Phi) is 3.03. The van der Waals surface area contributed by atoms with E-state index in [1.165, 1.54) is 5.56 Å². The molecule has 0 atom stereocenters. The summed E-state index contributed by atoms with van der Waals surface area (Å²) >= 11 is 5.97. The van der Waals surface area contributed by atoms with Crippen molar-refractivity contribution in [3.8, 4) is 0 Å². The van der Waals surface area contributed by atoms with Crippen molar-refractivity contribution in [3.05, 3.63) is 34.3 Å². The van der Waals surface area contributed by atoms with Crippen LogP contribution in [0, 0.1) is 6.92 Å². The van der Waals surface area contributed by atoms with E-state index in [-0.39, 0.29) is 0 Å². The molecule has 1 N–H and O–H groups in total. The number of benzene rings is 1. The first-order chi connectivity index (χ1) is 7.09. The highest BCUT2D eigenvalue weighted by Gasteiger charge is 2.30. The average Bonchev–Trinajstić information content (AvgIpc) is 2.59. The lowest BCUT2D eigenvalue weighted by Crippen LogP contribution is -2.26. The lowest BCUT2D eigenvalue weighted by molar-refractivity contribution is 0.0482. The maximum absolute atomic E-state index is 10.3. The monoisotopic (exact) mass is 224 g/mol. The van der Waals surface area contributed by atoms with Crippen molar-refractivity contribution in [1.29, 1.82) is 0 Å². The Labute approximate surface area is 96.1 Å². The van der Waals surface area contributed by atoms with Crippen LogP contribution in [-0.4, -0.2) is 10.7 Å². The van der Waals surface area contributed by atoms with Gasteiger partial charge < -0.3 is 5.11 Å². The zero-order valence-corrected chi connectivity index (χ0v) is 9.85. The van der Waals surface area contributed by atoms with E-state index in [0.717, 1.165) is 42.7 Å². The second kappa shape index (κ2) is 4.15. The Morgan fingerprint density at radius 2 is 2.00 bits per heavy atom. The first-order valence-electron chi connectivity index (χ1n) is 5.56. The largest absolute Gasteiger partial charge is 0.390 e. The number of aliphatic hydroxyl groups is 1. The Hall–Kier alpha value is -0.530. The Morgan fingerprint density at radius 1 is 1.33 bits per heavy atom. The first-order valence-corrected chi connectivity index (χ1v) is 5.94. The molecule has 2 heteroatoms. The van der Waals surface area contributed by atoms with E-state index in [2.05, 4.69) is 6.07 Å². The van der Waals surface area contributed by atoms with Gasteiger partial charge >= 0.3 is 0 Å². The van der Waals surface area contributed by atoms with Crippen LogP contribution in [0.4, 0.5) is 0 Å². The maximum atomic E-state index is 10.3. The minimum absolute atomic E-state index is 0.458. The molecule has 0 saturated heterocycles. The summed E-state index contributed by atoms with van der Waals surface area (Å²) in [7, 11) is 0. The van der Waals surface area contributed by atoms with Crippen LogP contribution in [-0.2, 0) is 6.42 Å². The molecule has 0 radical (unpaired) electrons. The minimum Gasteiger partial charge on any atom is -0.390 e. The van der Waals surface area contributed by atoms with Crippen molar-refractivity contribution in [2.45, 2.75) is 44.6 Å². The van der Waals surface area contributed by atoms with E-state index in [9.17, 15) is 5.11 Å². The molecule has 0 heterocycles. The van der Waals surface area contributed by atoms with Crippen LogP contribution in [0.1, 0.15) is 36.8 Å². The van der Waals surface area contributed by atoms with E-state index < -0.39 is 5.60 Å². The summed E-state index contributed by atoms with van der Waals surface area (Å²) in [6.45, 7) is 2.00. The molecule has 1 aromatic carbocycles. The van der Waals surface area contributed by atoms with E-state index in [1.54, 1.807) is 0 Å². The molecule has 82 valence electrons. The molecule has 1 aliphatic rings. The highest BCUT2D eigenvalue weighted by Crippen LogP contribution is 2.33. The molecule has 0 bridgehead atoms. The molecule has 1 aliphatic carbocycles. The molecule has 0 aromatic heterocycles. The van der Waals surface area contributed by atoms with Crippen LogP contribution in [0.2, 0.25) is 5.02 Å². The van der Waals surface area contributed by atoms with Gasteiger partial charge in [0.25, 0.3) is 0 Å². The number of halogens is 1. The average molecular weight is 225 g/mol. The van der Waals surface area contributed by atoms with Crippen LogP contribution in [0.3, 0.4) is 0 Å². The third kappa shape index (κ3) is 2.53. The molecule has 0 spiro atoms. The van der Waals surface area contributed by atoms with Gasteiger partial charge in [0.05, 0.1) is 5.60 Å². The molecule has 1 fully saturated rings. The Bertz CT molecular complexity index is 354. The number of rotatable bonds is 2. The van der Waals surface area contributed by atoms with Crippen LogP contribution in [0.5, 0.6) is 0 Å². The SMILES string of the molecule is Cc1cc(CC2(O)CCCC2)ccc1Cl. The van der Waals surface area contributed by atoms with Gasteiger partial charge in [-0.05, 0) is 37.0 Å². The van der Waals surface area contributed by atoms with Crippen LogP contribution < -0.4 is 0 Å². The second-order valence-corrected chi connectivity index (χ2v) is 5.10. The Balaban J connectivity index is 2.13. The van der Waals surface area contributed by atoms with E-state index in [1.807, 2.05) is 19.1 Å². The van der Waals surface area contributed by atoms with Crippen molar-refractivity contribution < 1.29 is 5.11 Å². The molecule has 15 heavy (non-hydrogen) atoms. The standard InChI is InChI=1S/C13H17ClO/c1-10-8-11(4-5-12(10)14)9-13(15)6-2-3-7-13/h4-5,8,15H,2-3,6-7,9H2,1H3. The van der Waals surface area contributed by atoms with Gasteiger partial charge in [0.1, 0.15) is 0 Å². The van der Waals surface area contributed by atoms with Crippen molar-refractivity contribution in [3.63, 3.8) is 0 Å². The molecule has 1 saturated carbocycles. The zero-order valence-electron chi connectivity index (χ0n) is 9.09. The summed E-state index contributed by atoms with van der Waals surface area (Å²) in [6.07, 6.45) is 4.96. The van der Waals surface area contributed by atoms with Gasteiger partial charge in [-0.3, -0.25) is 0 Å². The molecular weight excluding hydrogens is 208 g/mol. The Morgan fingerprint density at radius 3 is 2.60 bits per heavy atom. The number of hydrogen-bond acceptors (Lipinski definition) is 1. The lowest BCUT2D eigenvalue weighted by Gasteiger charge is -2.22. The van der Waals surface area contributed by atoms with E-state index in [4.69, 9.17) is 11.6 Å². The molecule has 1 aromatic rings. The van der Waals surface area contributed by atoms with Gasteiger partial charge in [0.15, 0.2) is 0 Å². The fourth-order valence-electron chi connectivity index (χ4n) is 2.41. The number of aryl methyl sites for hydroxylation is 1. The summed E-state index contributed by atoms with van der Waals surface area (Å²) in [6, 6.07) is 6.02. The van der Waals surface area contributed by atoms with Crippen LogP contribution in [0.15, 0.2) is 18.2 Å². The summed E-state index contributed by atoms with van der Waals surface area (Å²) in [5.74, 6) is 0. The number of hydrogen-bond donors (Lipinski definition) is 1. The van der Waals surface area contributed by atoms with Crippen molar-refractivity contribution in [1.82, 2.24) is 0 Å². The smallest absolute Gasteiger partial charge is 0.0688 e. The highest BCUT2D eigenvalue weighted by molar-refractivity contribution is 6.31. The maximum Gasteiger partial charge on any atom is 0.0688 e. The molecule has 1 nitrogen and oxygen atoms in total. The predicted octanol–water partition coefficient (Wildman–Crippen LogP) is 3.50. The van der Waals surface area contributed by atoms with Crippen molar-refractivity contribution in [2.24, 2.45) is 0 Å². The van der Waals surface area contributed by atoms with Crippen LogP contribution >= 0.6 is 11.6 Å². The van der Waals surface area contributed by atoms with E-state index >= 15 is 0 Å². The fourth-order valence-corrected chi connectivity index (χ4v) is 2.52. The molecule has 0 amide bonds. The molecule has 2 rings (SSSR count). The summed E-state index contributed by atoms with van der Waals surface area (Å²) in [5, 5.41) is 11.1. The first kappa shape index (κ1) is 11.0. The zero-order chi connectivity index (χ0) is 10.9. The summed E-state index contributed by atoms with van der Waals surface area (Å²) in [4.78, 5) is 0. The highest BCUT2D eigenvalue weighted by atomic mass is 35.5. The predicted molar refractivity (Wildman–Crippen MR) is 63.3 cm³/mol. The van der Waals surface area contributed by atoms with Crippen molar-refractivity contribution >= 4 is 11.6 Å². The quantitative estimate of drug-likeness (QED) is 0.816. The van der Waals surface area contributed by atoms with E-state index in [0.29, 0.717) is 0 Å². The third-order valence-corrected chi connectivity index (χ3v) is 3.71. The fraction of sp³-hybridized carbons (Fsp3) is 0.538. The second-order valence-electron chi connectivity index (χ2n) is 4.69.